The second kappa shape index (κ2) is 5.27. The van der Waals surface area contributed by atoms with Crippen molar-refractivity contribution in [1.82, 2.24) is 4.98 Å². The fraction of sp³-hybridized carbons (Fsp3) is 0.154. The van der Waals surface area contributed by atoms with Crippen molar-refractivity contribution < 1.29 is 8.42 Å². The van der Waals surface area contributed by atoms with E-state index in [2.05, 4.69) is 10.3 Å². The van der Waals surface area contributed by atoms with Gasteiger partial charge in [-0.15, -0.1) is 0 Å². The Morgan fingerprint density at radius 1 is 1.21 bits per heavy atom. The summed E-state index contributed by atoms with van der Waals surface area (Å²) in [6, 6.07) is 10.7. The normalized spacial score (nSPS) is 11.2. The molecular weight excluding hydrogens is 262 g/mol. The Labute approximate surface area is 112 Å². The lowest BCUT2D eigenvalue weighted by molar-refractivity contribution is 0.598. The second-order valence-corrected chi connectivity index (χ2v) is 6.17. The fourth-order valence-corrected chi connectivity index (χ4v) is 2.16. The minimum absolute atomic E-state index is 0.0669. The van der Waals surface area contributed by atoms with Crippen LogP contribution in [0.5, 0.6) is 0 Å². The van der Waals surface area contributed by atoms with Gasteiger partial charge in [0.25, 0.3) is 0 Å². The van der Waals surface area contributed by atoms with E-state index in [9.17, 15) is 8.42 Å². The van der Waals surface area contributed by atoms with Gasteiger partial charge in [0.05, 0.1) is 11.9 Å². The smallest absolute Gasteiger partial charge is 0.192 e. The molecule has 1 aromatic heterocycles. The largest absolute Gasteiger partial charge is 0.398 e. The van der Waals surface area contributed by atoms with Gasteiger partial charge in [0, 0.05) is 18.5 Å². The predicted octanol–water partition coefficient (Wildman–Crippen LogP) is 1.68. The molecule has 6 heteroatoms. The summed E-state index contributed by atoms with van der Waals surface area (Å²) in [5.74, 6) is 0. The zero-order valence-corrected chi connectivity index (χ0v) is 11.3. The van der Waals surface area contributed by atoms with Gasteiger partial charge in [-0.1, -0.05) is 18.2 Å². The number of hydrogen-bond donors (Lipinski definition) is 2. The third kappa shape index (κ3) is 3.45. The molecule has 0 atom stereocenters. The summed E-state index contributed by atoms with van der Waals surface area (Å²) >= 11 is 0. The minimum atomic E-state index is -3.25. The van der Waals surface area contributed by atoms with E-state index in [-0.39, 0.29) is 5.03 Å². The topological polar surface area (TPSA) is 85.1 Å². The number of hydrogen-bond acceptors (Lipinski definition) is 5. The molecule has 0 aliphatic carbocycles. The third-order valence-corrected chi connectivity index (χ3v) is 3.66. The number of benzene rings is 1. The highest BCUT2D eigenvalue weighted by Gasteiger charge is 2.07. The number of nitrogens with one attached hydrogen (secondary N) is 1. The molecule has 0 unspecified atom stereocenters. The van der Waals surface area contributed by atoms with Crippen LogP contribution in [0.4, 0.5) is 11.4 Å². The van der Waals surface area contributed by atoms with Gasteiger partial charge in [0.15, 0.2) is 14.9 Å². The van der Waals surface area contributed by atoms with Crippen molar-refractivity contribution >= 4 is 21.2 Å². The van der Waals surface area contributed by atoms with Crippen molar-refractivity contribution in [2.45, 2.75) is 11.6 Å². The molecule has 0 aliphatic rings. The standard InChI is InChI=1S/C13H15N3O2S/c1-19(17,18)13-7-6-11(9-16-13)15-8-10-4-2-3-5-12(10)14/h2-7,9,15H,8,14H2,1H3. The molecule has 0 radical (unpaired) electrons. The molecule has 3 N–H and O–H groups in total. The molecule has 0 bridgehead atoms. The second-order valence-electron chi connectivity index (χ2n) is 4.21. The number of para-hydroxylation sites is 1. The van der Waals surface area contributed by atoms with Crippen LogP contribution in [-0.2, 0) is 16.4 Å². The summed E-state index contributed by atoms with van der Waals surface area (Å²) in [6.07, 6.45) is 2.63. The molecule has 0 aliphatic heterocycles. The number of anilines is 2. The molecule has 19 heavy (non-hydrogen) atoms. The SMILES string of the molecule is CS(=O)(=O)c1ccc(NCc2ccccc2N)cn1. The first-order valence-corrected chi connectivity index (χ1v) is 7.59. The molecule has 1 aromatic carbocycles. The van der Waals surface area contributed by atoms with E-state index >= 15 is 0 Å². The quantitative estimate of drug-likeness (QED) is 0.830. The van der Waals surface area contributed by atoms with Gasteiger partial charge in [-0.05, 0) is 23.8 Å². The summed E-state index contributed by atoms with van der Waals surface area (Å²) in [5.41, 5.74) is 8.28. The summed E-state index contributed by atoms with van der Waals surface area (Å²) in [6.45, 7) is 0.562. The molecule has 2 rings (SSSR count). The summed E-state index contributed by atoms with van der Waals surface area (Å²) in [4.78, 5) is 3.90. The lowest BCUT2D eigenvalue weighted by Gasteiger charge is -2.08. The van der Waals surface area contributed by atoms with E-state index in [1.807, 2.05) is 24.3 Å². The average molecular weight is 277 g/mol. The first-order valence-electron chi connectivity index (χ1n) is 5.70. The number of nitrogens with zero attached hydrogens (tertiary/aromatic N) is 1. The first-order chi connectivity index (χ1) is 8.97. The van der Waals surface area contributed by atoms with Gasteiger partial charge in [-0.25, -0.2) is 13.4 Å². The van der Waals surface area contributed by atoms with Crippen molar-refractivity contribution in [3.63, 3.8) is 0 Å². The Morgan fingerprint density at radius 3 is 2.53 bits per heavy atom. The summed E-state index contributed by atoms with van der Waals surface area (Å²) in [7, 11) is -3.25. The van der Waals surface area contributed by atoms with Crippen LogP contribution in [0.25, 0.3) is 0 Å². The van der Waals surface area contributed by atoms with Gasteiger partial charge in [0.2, 0.25) is 0 Å². The third-order valence-electron chi connectivity index (χ3n) is 2.65. The van der Waals surface area contributed by atoms with Crippen LogP contribution in [0.15, 0.2) is 47.6 Å². The molecule has 0 amide bonds. The number of pyridine rings is 1. The number of nitrogens with two attached hydrogens (primary N) is 1. The number of nitrogen functional groups attached to an aromatic ring is 1. The van der Waals surface area contributed by atoms with E-state index in [0.717, 1.165) is 23.2 Å². The highest BCUT2D eigenvalue weighted by atomic mass is 32.2. The Hall–Kier alpha value is -2.08. The Balaban J connectivity index is 2.07. The lowest BCUT2D eigenvalue weighted by atomic mass is 10.2. The summed E-state index contributed by atoms with van der Waals surface area (Å²) in [5, 5.41) is 3.21. The average Bonchev–Trinajstić information content (AvgIpc) is 2.37. The van der Waals surface area contributed by atoms with Crippen LogP contribution in [0.2, 0.25) is 0 Å². The molecule has 0 saturated heterocycles. The number of sulfone groups is 1. The van der Waals surface area contributed by atoms with E-state index in [0.29, 0.717) is 6.54 Å². The number of rotatable bonds is 4. The summed E-state index contributed by atoms with van der Waals surface area (Å²) < 4.78 is 22.5. The molecule has 0 fully saturated rings. The number of aromatic nitrogens is 1. The van der Waals surface area contributed by atoms with Crippen LogP contribution in [-0.4, -0.2) is 19.7 Å². The highest BCUT2D eigenvalue weighted by Crippen LogP contribution is 2.14. The molecule has 100 valence electrons. The first kappa shape index (κ1) is 13.4. The maximum Gasteiger partial charge on any atom is 0.192 e. The van der Waals surface area contributed by atoms with Crippen LogP contribution in [0, 0.1) is 0 Å². The molecule has 0 spiro atoms. The van der Waals surface area contributed by atoms with Crippen LogP contribution in [0.1, 0.15) is 5.56 Å². The Morgan fingerprint density at radius 2 is 1.95 bits per heavy atom. The van der Waals surface area contributed by atoms with Crippen LogP contribution >= 0.6 is 0 Å². The zero-order valence-electron chi connectivity index (χ0n) is 10.5. The Kier molecular flexibility index (Phi) is 3.71. The van der Waals surface area contributed by atoms with Crippen molar-refractivity contribution in [2.24, 2.45) is 0 Å². The van der Waals surface area contributed by atoms with E-state index < -0.39 is 9.84 Å². The van der Waals surface area contributed by atoms with Gasteiger partial charge in [0.1, 0.15) is 0 Å². The van der Waals surface area contributed by atoms with Crippen molar-refractivity contribution in [2.75, 3.05) is 17.3 Å². The Bertz CT molecular complexity index is 667. The van der Waals surface area contributed by atoms with Gasteiger partial charge >= 0.3 is 0 Å². The van der Waals surface area contributed by atoms with E-state index in [1.54, 1.807) is 6.07 Å². The molecule has 1 heterocycles. The van der Waals surface area contributed by atoms with E-state index in [4.69, 9.17) is 5.73 Å². The monoisotopic (exact) mass is 277 g/mol. The maximum absolute atomic E-state index is 11.3. The van der Waals surface area contributed by atoms with Crippen molar-refractivity contribution in [1.29, 1.82) is 0 Å². The highest BCUT2D eigenvalue weighted by molar-refractivity contribution is 7.90. The lowest BCUT2D eigenvalue weighted by Crippen LogP contribution is -2.04. The zero-order chi connectivity index (χ0) is 13.9. The van der Waals surface area contributed by atoms with E-state index in [1.165, 1.54) is 12.3 Å². The minimum Gasteiger partial charge on any atom is -0.398 e. The fourth-order valence-electron chi connectivity index (χ4n) is 1.60. The van der Waals surface area contributed by atoms with Crippen LogP contribution in [0.3, 0.4) is 0 Å². The molecule has 0 saturated carbocycles. The van der Waals surface area contributed by atoms with Gasteiger partial charge < -0.3 is 11.1 Å². The molecule has 2 aromatic rings. The van der Waals surface area contributed by atoms with Crippen molar-refractivity contribution in [3.05, 3.63) is 48.2 Å². The molecule has 5 nitrogen and oxygen atoms in total. The van der Waals surface area contributed by atoms with Gasteiger partial charge in [-0.3, -0.25) is 0 Å². The van der Waals surface area contributed by atoms with Crippen molar-refractivity contribution in [3.8, 4) is 0 Å². The van der Waals surface area contributed by atoms with Crippen LogP contribution < -0.4 is 11.1 Å². The maximum atomic E-state index is 11.3. The predicted molar refractivity (Wildman–Crippen MR) is 75.5 cm³/mol. The molecular formula is C13H15N3O2S. The van der Waals surface area contributed by atoms with Gasteiger partial charge in [-0.2, -0.15) is 0 Å².